The molecule has 0 atom stereocenters. The van der Waals surface area contributed by atoms with Gasteiger partial charge in [-0.25, -0.2) is 14.6 Å². The Labute approximate surface area is 162 Å². The molecule has 7 nitrogen and oxygen atoms in total. The Bertz CT molecular complexity index is 857. The van der Waals surface area contributed by atoms with Gasteiger partial charge in [-0.2, -0.15) is 0 Å². The zero-order valence-electron chi connectivity index (χ0n) is 16.0. The zero-order chi connectivity index (χ0) is 19.6. The molecule has 144 valence electrons. The Hall–Kier alpha value is -2.61. The number of hydrogen-bond acceptors (Lipinski definition) is 5. The summed E-state index contributed by atoms with van der Waals surface area (Å²) >= 11 is 1.38. The molecule has 0 bridgehead atoms. The van der Waals surface area contributed by atoms with E-state index in [0.717, 1.165) is 21.8 Å². The molecule has 3 rings (SSSR count). The molecular weight excluding hydrogens is 364 g/mol. The Kier molecular flexibility index (Phi) is 5.36. The first-order valence-electron chi connectivity index (χ1n) is 8.81. The van der Waals surface area contributed by atoms with Crippen molar-refractivity contribution in [2.75, 3.05) is 17.2 Å². The number of ether oxygens (including phenoxy) is 1. The summed E-state index contributed by atoms with van der Waals surface area (Å²) < 4.78 is 5.43. The fraction of sp³-hybridized carbons (Fsp3) is 0.421. The first-order chi connectivity index (χ1) is 12.7. The van der Waals surface area contributed by atoms with Crippen molar-refractivity contribution in [1.29, 1.82) is 0 Å². The molecule has 2 aromatic rings. The minimum atomic E-state index is -0.522. The summed E-state index contributed by atoms with van der Waals surface area (Å²) in [6.07, 6.45) is 0.319. The average molecular weight is 388 g/mol. The Balaban J connectivity index is 1.61. The lowest BCUT2D eigenvalue weighted by Crippen LogP contribution is -2.39. The normalized spacial score (nSPS) is 13.7. The van der Waals surface area contributed by atoms with Gasteiger partial charge in [0.15, 0.2) is 5.13 Å². The summed E-state index contributed by atoms with van der Waals surface area (Å²) in [7, 11) is 0. The smallest absolute Gasteiger partial charge is 0.410 e. The van der Waals surface area contributed by atoms with Crippen molar-refractivity contribution >= 4 is 34.3 Å². The number of amides is 3. The summed E-state index contributed by atoms with van der Waals surface area (Å²) in [5, 5.41) is 6.09. The van der Waals surface area contributed by atoms with Gasteiger partial charge in [0.2, 0.25) is 0 Å². The molecule has 8 heteroatoms. The molecule has 0 aliphatic carbocycles. The van der Waals surface area contributed by atoms with Crippen molar-refractivity contribution in [3.8, 4) is 0 Å². The van der Waals surface area contributed by atoms with Gasteiger partial charge < -0.3 is 15.0 Å². The molecule has 0 saturated heterocycles. The van der Waals surface area contributed by atoms with Gasteiger partial charge >= 0.3 is 12.1 Å². The van der Waals surface area contributed by atoms with Gasteiger partial charge in [0.25, 0.3) is 0 Å². The number of nitrogens with zero attached hydrogens (tertiary/aromatic N) is 2. The van der Waals surface area contributed by atoms with E-state index in [1.807, 2.05) is 52.0 Å². The molecule has 2 N–H and O–H groups in total. The van der Waals surface area contributed by atoms with Gasteiger partial charge in [0.1, 0.15) is 5.60 Å². The molecule has 0 spiro atoms. The highest BCUT2D eigenvalue weighted by Gasteiger charge is 2.28. The van der Waals surface area contributed by atoms with E-state index in [1.54, 1.807) is 4.90 Å². The van der Waals surface area contributed by atoms with Crippen LogP contribution in [0.4, 0.5) is 20.4 Å². The third-order valence-electron chi connectivity index (χ3n) is 3.88. The second-order valence-corrected chi connectivity index (χ2v) is 8.57. The van der Waals surface area contributed by atoms with Gasteiger partial charge in [0, 0.05) is 23.5 Å². The molecule has 0 fully saturated rings. The lowest BCUT2D eigenvalue weighted by Gasteiger charge is -2.29. The summed E-state index contributed by atoms with van der Waals surface area (Å²) in [6, 6.07) is 7.24. The molecule has 3 amide bonds. The van der Waals surface area contributed by atoms with E-state index in [1.165, 1.54) is 11.3 Å². The van der Waals surface area contributed by atoms with Crippen LogP contribution in [0.25, 0.3) is 0 Å². The van der Waals surface area contributed by atoms with Crippen LogP contribution in [-0.4, -0.2) is 34.2 Å². The highest BCUT2D eigenvalue weighted by molar-refractivity contribution is 7.15. The van der Waals surface area contributed by atoms with Crippen LogP contribution in [0.5, 0.6) is 0 Å². The number of rotatable bonds is 2. The van der Waals surface area contributed by atoms with Crippen LogP contribution in [0.1, 0.15) is 36.9 Å². The Morgan fingerprint density at radius 1 is 1.26 bits per heavy atom. The topological polar surface area (TPSA) is 83.6 Å². The third-order valence-corrected chi connectivity index (χ3v) is 4.88. The second kappa shape index (κ2) is 7.56. The van der Waals surface area contributed by atoms with E-state index >= 15 is 0 Å². The molecule has 0 unspecified atom stereocenters. The molecule has 2 heterocycles. The SMILES string of the molecule is Cc1cccc(NC(=O)Nc2nc3c(s2)CN(C(=O)OC(C)(C)C)CC3)c1. The van der Waals surface area contributed by atoms with E-state index in [-0.39, 0.29) is 12.1 Å². The maximum Gasteiger partial charge on any atom is 0.410 e. The predicted octanol–water partition coefficient (Wildman–Crippen LogP) is 4.39. The van der Waals surface area contributed by atoms with Crippen LogP contribution in [0.15, 0.2) is 24.3 Å². The maximum absolute atomic E-state index is 12.2. The lowest BCUT2D eigenvalue weighted by atomic mass is 10.2. The minimum Gasteiger partial charge on any atom is -0.444 e. The number of benzene rings is 1. The molecule has 1 aromatic carbocycles. The molecule has 27 heavy (non-hydrogen) atoms. The Morgan fingerprint density at radius 2 is 2.04 bits per heavy atom. The van der Waals surface area contributed by atoms with Crippen LogP contribution in [0.2, 0.25) is 0 Å². The Morgan fingerprint density at radius 3 is 2.74 bits per heavy atom. The average Bonchev–Trinajstić information content (AvgIpc) is 2.94. The van der Waals surface area contributed by atoms with Crippen LogP contribution >= 0.6 is 11.3 Å². The number of anilines is 2. The number of carbonyl (C=O) groups is 2. The highest BCUT2D eigenvalue weighted by atomic mass is 32.1. The van der Waals surface area contributed by atoms with Crippen LogP contribution in [-0.2, 0) is 17.7 Å². The van der Waals surface area contributed by atoms with E-state index in [2.05, 4.69) is 15.6 Å². The van der Waals surface area contributed by atoms with Crippen molar-refractivity contribution in [3.63, 3.8) is 0 Å². The summed E-state index contributed by atoms with van der Waals surface area (Å²) in [5.74, 6) is 0. The number of fused-ring (bicyclic) bond motifs is 1. The fourth-order valence-corrected chi connectivity index (χ4v) is 3.73. The number of aryl methyl sites for hydroxylation is 1. The summed E-state index contributed by atoms with van der Waals surface area (Å²) in [6.45, 7) is 8.52. The molecule has 1 aliphatic rings. The minimum absolute atomic E-state index is 0.326. The predicted molar refractivity (Wildman–Crippen MR) is 106 cm³/mol. The molecule has 1 aromatic heterocycles. The number of aromatic nitrogens is 1. The van der Waals surface area contributed by atoms with Gasteiger partial charge in [0.05, 0.1) is 12.2 Å². The monoisotopic (exact) mass is 388 g/mol. The van der Waals surface area contributed by atoms with E-state index in [4.69, 9.17) is 4.74 Å². The van der Waals surface area contributed by atoms with Gasteiger partial charge in [-0.05, 0) is 45.4 Å². The van der Waals surface area contributed by atoms with Crippen molar-refractivity contribution in [2.45, 2.75) is 46.3 Å². The molecule has 1 aliphatic heterocycles. The molecule has 0 radical (unpaired) electrons. The first-order valence-corrected chi connectivity index (χ1v) is 9.62. The van der Waals surface area contributed by atoms with Gasteiger partial charge in [-0.3, -0.25) is 5.32 Å². The lowest BCUT2D eigenvalue weighted by molar-refractivity contribution is 0.0225. The van der Waals surface area contributed by atoms with Crippen molar-refractivity contribution in [3.05, 3.63) is 40.4 Å². The maximum atomic E-state index is 12.2. The molecule has 0 saturated carbocycles. The number of thiazole rings is 1. The van der Waals surface area contributed by atoms with Crippen molar-refractivity contribution in [2.24, 2.45) is 0 Å². The van der Waals surface area contributed by atoms with E-state index in [9.17, 15) is 9.59 Å². The quantitative estimate of drug-likeness (QED) is 0.799. The number of carbonyl (C=O) groups excluding carboxylic acids is 2. The summed E-state index contributed by atoms with van der Waals surface area (Å²) in [5.41, 5.74) is 2.20. The third kappa shape index (κ3) is 5.19. The van der Waals surface area contributed by atoms with E-state index in [0.29, 0.717) is 24.6 Å². The van der Waals surface area contributed by atoms with E-state index < -0.39 is 5.60 Å². The molecular formula is C19H24N4O3S. The van der Waals surface area contributed by atoms with Gasteiger partial charge in [-0.1, -0.05) is 23.5 Å². The van der Waals surface area contributed by atoms with Crippen molar-refractivity contribution < 1.29 is 14.3 Å². The fourth-order valence-electron chi connectivity index (χ4n) is 2.71. The van der Waals surface area contributed by atoms with Crippen LogP contribution in [0.3, 0.4) is 0 Å². The first kappa shape index (κ1) is 19.2. The highest BCUT2D eigenvalue weighted by Crippen LogP contribution is 2.29. The van der Waals surface area contributed by atoms with Crippen LogP contribution in [0, 0.1) is 6.92 Å². The van der Waals surface area contributed by atoms with Gasteiger partial charge in [-0.15, -0.1) is 0 Å². The second-order valence-electron chi connectivity index (χ2n) is 7.49. The van der Waals surface area contributed by atoms with Crippen LogP contribution < -0.4 is 10.6 Å². The number of urea groups is 1. The van der Waals surface area contributed by atoms with Crippen molar-refractivity contribution in [1.82, 2.24) is 9.88 Å². The summed E-state index contributed by atoms with van der Waals surface area (Å²) in [4.78, 5) is 31.6. The zero-order valence-corrected chi connectivity index (χ0v) is 16.8. The standard InChI is InChI=1S/C19H24N4O3S/c1-12-6-5-7-13(10-12)20-16(24)22-17-21-14-8-9-23(11-15(14)27-17)18(25)26-19(2,3)4/h5-7,10H,8-9,11H2,1-4H3,(H2,20,21,22,24). The number of nitrogens with one attached hydrogen (secondary N) is 2. The largest absolute Gasteiger partial charge is 0.444 e. The number of hydrogen-bond donors (Lipinski definition) is 2.